The van der Waals surface area contributed by atoms with E-state index in [4.69, 9.17) is 4.98 Å². The van der Waals surface area contributed by atoms with E-state index in [-0.39, 0.29) is 11.9 Å². The summed E-state index contributed by atoms with van der Waals surface area (Å²) >= 11 is 1.77. The van der Waals surface area contributed by atoms with Crippen LogP contribution in [0.4, 0.5) is 5.13 Å². The molecule has 1 amide bonds. The number of aryl methyl sites for hydroxylation is 1. The molecule has 1 aromatic heterocycles. The molecule has 6 heteroatoms. The molecule has 0 bridgehead atoms. The van der Waals surface area contributed by atoms with Crippen LogP contribution in [0.3, 0.4) is 0 Å². The number of nitrogens with zero attached hydrogens (tertiary/aromatic N) is 3. The molecule has 1 aromatic rings. The van der Waals surface area contributed by atoms with Gasteiger partial charge in [0.2, 0.25) is 5.91 Å². The number of fused-ring (bicyclic) bond motifs is 1. The normalized spacial score (nSPS) is 27.3. The maximum atomic E-state index is 12.9. The minimum atomic E-state index is -0.000151. The molecule has 1 N–H and O–H groups in total. The summed E-state index contributed by atoms with van der Waals surface area (Å²) in [5.41, 5.74) is 1.15. The predicted octanol–water partition coefficient (Wildman–Crippen LogP) is 2.12. The number of amides is 1. The Labute approximate surface area is 142 Å². The van der Waals surface area contributed by atoms with Gasteiger partial charge in [0.15, 0.2) is 5.13 Å². The van der Waals surface area contributed by atoms with E-state index in [0.717, 1.165) is 43.5 Å². The molecule has 23 heavy (non-hydrogen) atoms. The first-order chi connectivity index (χ1) is 11.2. The van der Waals surface area contributed by atoms with Crippen molar-refractivity contribution in [2.75, 3.05) is 37.6 Å². The highest BCUT2D eigenvalue weighted by Gasteiger charge is 2.38. The minimum Gasteiger partial charge on any atom is -0.313 e. The quantitative estimate of drug-likeness (QED) is 0.900. The molecular weight excluding hydrogens is 308 g/mol. The molecule has 0 unspecified atom stereocenters. The number of rotatable bonds is 2. The number of aromatic nitrogens is 1. The van der Waals surface area contributed by atoms with Crippen molar-refractivity contribution in [1.29, 1.82) is 0 Å². The van der Waals surface area contributed by atoms with E-state index < -0.39 is 0 Å². The monoisotopic (exact) mass is 334 g/mol. The summed E-state index contributed by atoms with van der Waals surface area (Å²) in [6.45, 7) is 6.62. The number of hydrogen-bond acceptors (Lipinski definition) is 5. The Morgan fingerprint density at radius 1 is 1.17 bits per heavy atom. The van der Waals surface area contributed by atoms with Crippen LogP contribution in [0.1, 0.15) is 48.6 Å². The highest BCUT2D eigenvalue weighted by Crippen LogP contribution is 2.40. The van der Waals surface area contributed by atoms with Gasteiger partial charge in [-0.15, -0.1) is 11.3 Å². The lowest BCUT2D eigenvalue weighted by molar-refractivity contribution is -0.126. The van der Waals surface area contributed by atoms with Crippen molar-refractivity contribution in [3.63, 3.8) is 0 Å². The molecule has 1 saturated carbocycles. The molecule has 2 saturated heterocycles. The third-order valence-electron chi connectivity index (χ3n) is 5.54. The molecule has 0 aromatic carbocycles. The van der Waals surface area contributed by atoms with Gasteiger partial charge in [0.25, 0.3) is 0 Å². The zero-order valence-electron chi connectivity index (χ0n) is 13.9. The fourth-order valence-corrected chi connectivity index (χ4v) is 5.48. The molecule has 3 heterocycles. The average Bonchev–Trinajstić information content (AvgIpc) is 2.98. The van der Waals surface area contributed by atoms with Gasteiger partial charge >= 0.3 is 0 Å². The van der Waals surface area contributed by atoms with Crippen LogP contribution in [0.25, 0.3) is 0 Å². The maximum Gasteiger partial charge on any atom is 0.247 e. The molecular formula is C17H26N4OS. The standard InChI is InChI=1S/C17H26N4OS/c1-12-15(13-5-3-2-4-6-13)23-17(19-12)21-10-9-20-8-7-18-11-14(20)16(21)22/h13-14,18H,2-11H2,1H3/t14-/m1/s1. The summed E-state index contributed by atoms with van der Waals surface area (Å²) in [6.07, 6.45) is 6.62. The van der Waals surface area contributed by atoms with Crippen molar-refractivity contribution in [2.24, 2.45) is 0 Å². The van der Waals surface area contributed by atoms with Crippen LogP contribution in [0.5, 0.6) is 0 Å². The number of carbonyl (C=O) groups excluding carboxylic acids is 1. The van der Waals surface area contributed by atoms with Crippen molar-refractivity contribution in [1.82, 2.24) is 15.2 Å². The van der Waals surface area contributed by atoms with Gasteiger partial charge in [0.1, 0.15) is 6.04 Å². The summed E-state index contributed by atoms with van der Waals surface area (Å²) in [5.74, 6) is 0.898. The first-order valence-corrected chi connectivity index (χ1v) is 9.79. The molecule has 5 nitrogen and oxygen atoms in total. The van der Waals surface area contributed by atoms with Gasteiger partial charge in [0, 0.05) is 37.6 Å². The second kappa shape index (κ2) is 6.49. The van der Waals surface area contributed by atoms with E-state index >= 15 is 0 Å². The lowest BCUT2D eigenvalue weighted by atomic mass is 9.88. The Bertz CT molecular complexity index is 581. The molecule has 3 aliphatic rings. The largest absolute Gasteiger partial charge is 0.313 e. The summed E-state index contributed by atoms with van der Waals surface area (Å²) in [7, 11) is 0. The fraction of sp³-hybridized carbons (Fsp3) is 0.765. The van der Waals surface area contributed by atoms with Crippen LogP contribution in [0.15, 0.2) is 0 Å². The van der Waals surface area contributed by atoms with Gasteiger partial charge in [-0.05, 0) is 25.7 Å². The molecule has 1 aliphatic carbocycles. The maximum absolute atomic E-state index is 12.9. The molecule has 0 spiro atoms. The van der Waals surface area contributed by atoms with Gasteiger partial charge in [-0.3, -0.25) is 14.6 Å². The third kappa shape index (κ3) is 2.92. The van der Waals surface area contributed by atoms with Gasteiger partial charge in [0.05, 0.1) is 5.69 Å². The number of anilines is 1. The lowest BCUT2D eigenvalue weighted by Gasteiger charge is -2.42. The molecule has 1 atom stereocenters. The molecule has 2 aliphatic heterocycles. The molecule has 4 rings (SSSR count). The minimum absolute atomic E-state index is 0.000151. The Morgan fingerprint density at radius 3 is 2.83 bits per heavy atom. The van der Waals surface area contributed by atoms with Crippen LogP contribution in [-0.2, 0) is 4.79 Å². The smallest absolute Gasteiger partial charge is 0.247 e. The first kappa shape index (κ1) is 15.5. The van der Waals surface area contributed by atoms with Crippen molar-refractivity contribution in [2.45, 2.75) is 51.0 Å². The second-order valence-electron chi connectivity index (χ2n) is 7.03. The zero-order chi connectivity index (χ0) is 15.8. The van der Waals surface area contributed by atoms with E-state index in [1.54, 1.807) is 11.3 Å². The lowest BCUT2D eigenvalue weighted by Crippen LogP contribution is -2.64. The Morgan fingerprint density at radius 2 is 2.00 bits per heavy atom. The Hall–Kier alpha value is -0.980. The third-order valence-corrected chi connectivity index (χ3v) is 6.89. The Kier molecular flexibility index (Phi) is 4.39. The van der Waals surface area contributed by atoms with Crippen LogP contribution in [0.2, 0.25) is 0 Å². The van der Waals surface area contributed by atoms with Gasteiger partial charge in [-0.1, -0.05) is 19.3 Å². The number of thiazole rings is 1. The molecule has 3 fully saturated rings. The van der Waals surface area contributed by atoms with Crippen LogP contribution in [0, 0.1) is 6.92 Å². The van der Waals surface area contributed by atoms with Crippen molar-refractivity contribution in [3.05, 3.63) is 10.6 Å². The van der Waals surface area contributed by atoms with E-state index in [2.05, 4.69) is 17.1 Å². The van der Waals surface area contributed by atoms with E-state index in [1.807, 2.05) is 4.90 Å². The highest BCUT2D eigenvalue weighted by molar-refractivity contribution is 7.16. The SMILES string of the molecule is Cc1nc(N2CCN3CCNC[C@@H]3C2=O)sc1C1CCCCC1. The number of nitrogens with one attached hydrogen (secondary N) is 1. The summed E-state index contributed by atoms with van der Waals surface area (Å²) < 4.78 is 0. The van der Waals surface area contributed by atoms with Gasteiger partial charge in [-0.2, -0.15) is 0 Å². The van der Waals surface area contributed by atoms with Gasteiger partial charge < -0.3 is 5.32 Å². The van der Waals surface area contributed by atoms with Crippen molar-refractivity contribution >= 4 is 22.4 Å². The van der Waals surface area contributed by atoms with E-state index in [0.29, 0.717) is 5.92 Å². The van der Waals surface area contributed by atoms with Crippen molar-refractivity contribution < 1.29 is 4.79 Å². The van der Waals surface area contributed by atoms with Crippen molar-refractivity contribution in [3.8, 4) is 0 Å². The van der Waals surface area contributed by atoms with Crippen LogP contribution in [-0.4, -0.2) is 54.6 Å². The number of hydrogen-bond donors (Lipinski definition) is 1. The molecule has 126 valence electrons. The average molecular weight is 334 g/mol. The van der Waals surface area contributed by atoms with E-state index in [1.165, 1.54) is 37.0 Å². The second-order valence-corrected chi connectivity index (χ2v) is 8.04. The molecule has 0 radical (unpaired) electrons. The Balaban J connectivity index is 1.54. The van der Waals surface area contributed by atoms with Gasteiger partial charge in [-0.25, -0.2) is 4.98 Å². The predicted molar refractivity (Wildman–Crippen MR) is 93.3 cm³/mol. The van der Waals surface area contributed by atoms with E-state index in [9.17, 15) is 4.79 Å². The topological polar surface area (TPSA) is 48.5 Å². The number of carbonyl (C=O) groups is 1. The summed E-state index contributed by atoms with van der Waals surface area (Å²) in [5, 5.41) is 4.28. The van der Waals surface area contributed by atoms with Crippen LogP contribution >= 0.6 is 11.3 Å². The number of piperazine rings is 2. The summed E-state index contributed by atoms with van der Waals surface area (Å²) in [6, 6.07) is -0.000151. The summed E-state index contributed by atoms with van der Waals surface area (Å²) in [4.78, 5) is 23.3. The zero-order valence-corrected chi connectivity index (χ0v) is 14.7. The first-order valence-electron chi connectivity index (χ1n) is 8.97. The van der Waals surface area contributed by atoms with Crippen LogP contribution < -0.4 is 10.2 Å². The highest BCUT2D eigenvalue weighted by atomic mass is 32.1. The fourth-order valence-electron chi connectivity index (χ4n) is 4.22.